The Bertz CT molecular complexity index is 464. The van der Waals surface area contributed by atoms with E-state index in [4.69, 9.17) is 27.9 Å². The van der Waals surface area contributed by atoms with Crippen LogP contribution in [-0.4, -0.2) is 11.7 Å². The molecule has 0 saturated heterocycles. The van der Waals surface area contributed by atoms with Gasteiger partial charge in [0.05, 0.1) is 10.5 Å². The summed E-state index contributed by atoms with van der Waals surface area (Å²) in [6.45, 7) is 0.500. The topological polar surface area (TPSA) is 14.2 Å². The van der Waals surface area contributed by atoms with E-state index < -0.39 is 0 Å². The number of hydrogen-bond acceptors (Lipinski definition) is 1. The van der Waals surface area contributed by atoms with Crippen LogP contribution in [0.4, 0.5) is 0 Å². The number of fused-ring (bicyclic) bond motifs is 1. The molecule has 4 heteroatoms. The molecule has 0 spiro atoms. The van der Waals surface area contributed by atoms with Gasteiger partial charge >= 0.3 is 0 Å². The molecule has 0 amide bonds. The van der Waals surface area contributed by atoms with Crippen LogP contribution in [-0.2, 0) is 11.5 Å². The van der Waals surface area contributed by atoms with Gasteiger partial charge < -0.3 is 9.30 Å². The van der Waals surface area contributed by atoms with E-state index in [1.54, 1.807) is 13.2 Å². The van der Waals surface area contributed by atoms with Crippen LogP contribution < -0.4 is 0 Å². The lowest BCUT2D eigenvalue weighted by Crippen LogP contribution is -1.96. The van der Waals surface area contributed by atoms with E-state index >= 15 is 0 Å². The van der Waals surface area contributed by atoms with Crippen LogP contribution in [0.3, 0.4) is 0 Å². The van der Waals surface area contributed by atoms with Gasteiger partial charge in [0, 0.05) is 23.7 Å². The van der Waals surface area contributed by atoms with Crippen molar-refractivity contribution in [3.63, 3.8) is 0 Å². The van der Waals surface area contributed by atoms with Crippen LogP contribution >= 0.6 is 23.2 Å². The number of nitrogens with zero attached hydrogens (tertiary/aromatic N) is 1. The van der Waals surface area contributed by atoms with Gasteiger partial charge in [-0.2, -0.15) is 0 Å². The van der Waals surface area contributed by atoms with Gasteiger partial charge in [-0.3, -0.25) is 0 Å². The number of hydrogen-bond donors (Lipinski definition) is 0. The summed E-state index contributed by atoms with van der Waals surface area (Å²) in [5.74, 6) is 0. The van der Waals surface area contributed by atoms with Crippen molar-refractivity contribution in [1.29, 1.82) is 0 Å². The molecule has 0 atom stereocenters. The van der Waals surface area contributed by atoms with Gasteiger partial charge in [-0.1, -0.05) is 23.2 Å². The highest BCUT2D eigenvalue weighted by atomic mass is 35.5. The minimum atomic E-state index is 0.500. The van der Waals surface area contributed by atoms with Crippen molar-refractivity contribution < 1.29 is 4.74 Å². The van der Waals surface area contributed by atoms with Crippen LogP contribution in [0.15, 0.2) is 24.4 Å². The van der Waals surface area contributed by atoms with Crippen LogP contribution in [0.5, 0.6) is 0 Å². The fraction of sp³-hybridized carbons (Fsp3) is 0.200. The summed E-state index contributed by atoms with van der Waals surface area (Å²) >= 11 is 12.0. The van der Waals surface area contributed by atoms with Gasteiger partial charge in [0.1, 0.15) is 6.73 Å². The van der Waals surface area contributed by atoms with Crippen molar-refractivity contribution in [2.24, 2.45) is 0 Å². The van der Waals surface area contributed by atoms with Gasteiger partial charge in [-0.05, 0) is 18.2 Å². The molecule has 1 heterocycles. The van der Waals surface area contributed by atoms with E-state index in [2.05, 4.69) is 0 Å². The Kier molecular flexibility index (Phi) is 2.68. The van der Waals surface area contributed by atoms with Crippen LogP contribution in [0.25, 0.3) is 10.9 Å². The lowest BCUT2D eigenvalue weighted by Gasteiger charge is -2.04. The minimum Gasteiger partial charge on any atom is -0.364 e. The SMILES string of the molecule is COCn1ccc2c(Cl)cc(Cl)cc21. The first-order chi connectivity index (χ1) is 6.72. The predicted octanol–water partition coefficient (Wildman–Crippen LogP) is 3.55. The predicted molar refractivity (Wildman–Crippen MR) is 59.0 cm³/mol. The molecule has 0 aliphatic heterocycles. The molecule has 1 aromatic carbocycles. The van der Waals surface area contributed by atoms with Gasteiger partial charge in [0.2, 0.25) is 0 Å². The maximum Gasteiger partial charge on any atom is 0.122 e. The van der Waals surface area contributed by atoms with E-state index in [1.807, 2.05) is 22.9 Å². The molecule has 2 rings (SSSR count). The van der Waals surface area contributed by atoms with Crippen molar-refractivity contribution in [3.05, 3.63) is 34.4 Å². The average molecular weight is 230 g/mol. The Morgan fingerprint density at radius 3 is 2.86 bits per heavy atom. The molecule has 14 heavy (non-hydrogen) atoms. The maximum absolute atomic E-state index is 6.04. The third-order valence-electron chi connectivity index (χ3n) is 2.07. The van der Waals surface area contributed by atoms with Crippen molar-refractivity contribution in [2.45, 2.75) is 6.73 Å². The average Bonchev–Trinajstić information content (AvgIpc) is 2.49. The molecular formula is C10H9Cl2NO. The second-order valence-corrected chi connectivity index (χ2v) is 3.87. The number of ether oxygens (including phenoxy) is 1. The van der Waals surface area contributed by atoms with Crippen LogP contribution in [0.2, 0.25) is 10.0 Å². The fourth-order valence-corrected chi connectivity index (χ4v) is 2.02. The van der Waals surface area contributed by atoms with Crippen molar-refractivity contribution in [2.75, 3.05) is 7.11 Å². The molecule has 0 bridgehead atoms. The lowest BCUT2D eigenvalue weighted by molar-refractivity contribution is 0.135. The molecule has 74 valence electrons. The maximum atomic E-state index is 6.04. The van der Waals surface area contributed by atoms with E-state index in [1.165, 1.54) is 0 Å². The van der Waals surface area contributed by atoms with Gasteiger partial charge in [-0.15, -0.1) is 0 Å². The van der Waals surface area contributed by atoms with Crippen LogP contribution in [0.1, 0.15) is 0 Å². The summed E-state index contributed by atoms with van der Waals surface area (Å²) in [5.41, 5.74) is 0.990. The van der Waals surface area contributed by atoms with Crippen molar-refractivity contribution in [1.82, 2.24) is 4.57 Å². The normalized spacial score (nSPS) is 11.1. The largest absolute Gasteiger partial charge is 0.364 e. The van der Waals surface area contributed by atoms with Gasteiger partial charge in [-0.25, -0.2) is 0 Å². The van der Waals surface area contributed by atoms with E-state index in [0.717, 1.165) is 10.9 Å². The third-order valence-corrected chi connectivity index (χ3v) is 2.60. The Hall–Kier alpha value is -0.700. The van der Waals surface area contributed by atoms with Gasteiger partial charge in [0.15, 0.2) is 0 Å². The Morgan fingerprint density at radius 2 is 2.14 bits per heavy atom. The Labute approximate surface area is 92.0 Å². The number of halogens is 2. The molecule has 1 aromatic heterocycles. The number of methoxy groups -OCH3 is 1. The first kappa shape index (κ1) is 9.84. The molecule has 0 saturated carbocycles. The second-order valence-electron chi connectivity index (χ2n) is 3.02. The summed E-state index contributed by atoms with van der Waals surface area (Å²) in [5, 5.41) is 2.30. The zero-order valence-corrected chi connectivity index (χ0v) is 9.14. The first-order valence-electron chi connectivity index (χ1n) is 4.15. The molecular weight excluding hydrogens is 221 g/mol. The van der Waals surface area contributed by atoms with E-state index in [9.17, 15) is 0 Å². The summed E-state index contributed by atoms with van der Waals surface area (Å²) in [6, 6.07) is 5.57. The highest BCUT2D eigenvalue weighted by molar-refractivity contribution is 6.38. The van der Waals surface area contributed by atoms with Crippen LogP contribution in [0, 0.1) is 0 Å². The first-order valence-corrected chi connectivity index (χ1v) is 4.91. The molecule has 0 radical (unpaired) electrons. The molecule has 0 N–H and O–H groups in total. The lowest BCUT2D eigenvalue weighted by atomic mass is 10.2. The standard InChI is InChI=1S/C10H9Cl2NO/c1-14-6-13-3-2-8-9(12)4-7(11)5-10(8)13/h2-5H,6H2,1H3. The molecule has 0 aliphatic rings. The Morgan fingerprint density at radius 1 is 1.36 bits per heavy atom. The Balaban J connectivity index is 2.66. The van der Waals surface area contributed by atoms with Crippen molar-refractivity contribution in [3.8, 4) is 0 Å². The third kappa shape index (κ3) is 1.61. The fourth-order valence-electron chi connectivity index (χ4n) is 1.47. The van der Waals surface area contributed by atoms with Crippen molar-refractivity contribution >= 4 is 34.1 Å². The minimum absolute atomic E-state index is 0.500. The second kappa shape index (κ2) is 3.81. The summed E-state index contributed by atoms with van der Waals surface area (Å²) < 4.78 is 7.00. The quantitative estimate of drug-likeness (QED) is 0.769. The highest BCUT2D eigenvalue weighted by Gasteiger charge is 2.05. The number of benzene rings is 1. The summed E-state index contributed by atoms with van der Waals surface area (Å²) in [6.07, 6.45) is 1.93. The monoisotopic (exact) mass is 229 g/mol. The molecule has 0 fully saturated rings. The zero-order chi connectivity index (χ0) is 10.1. The summed E-state index contributed by atoms with van der Waals surface area (Å²) in [4.78, 5) is 0. The zero-order valence-electron chi connectivity index (χ0n) is 7.63. The number of rotatable bonds is 2. The highest BCUT2D eigenvalue weighted by Crippen LogP contribution is 2.28. The molecule has 2 aromatic rings. The summed E-state index contributed by atoms with van der Waals surface area (Å²) in [7, 11) is 1.65. The van der Waals surface area contributed by atoms with E-state index in [-0.39, 0.29) is 0 Å². The molecule has 2 nitrogen and oxygen atoms in total. The number of aromatic nitrogens is 1. The van der Waals surface area contributed by atoms with E-state index in [0.29, 0.717) is 16.8 Å². The van der Waals surface area contributed by atoms with Gasteiger partial charge in [0.25, 0.3) is 0 Å². The molecule has 0 unspecified atom stereocenters. The molecule has 0 aliphatic carbocycles. The smallest absolute Gasteiger partial charge is 0.122 e.